The van der Waals surface area contributed by atoms with Crippen LogP contribution in [0.5, 0.6) is 0 Å². The van der Waals surface area contributed by atoms with E-state index in [9.17, 15) is 24.8 Å². The number of thioether (sulfide) groups is 1. The van der Waals surface area contributed by atoms with Gasteiger partial charge in [0.1, 0.15) is 5.56 Å². The Morgan fingerprint density at radius 3 is 2.73 bits per heavy atom. The Kier molecular flexibility index (Phi) is 4.87. The second-order valence-electron chi connectivity index (χ2n) is 5.08. The van der Waals surface area contributed by atoms with Crippen LogP contribution in [0.4, 0.5) is 11.4 Å². The molecule has 0 atom stereocenters. The first-order valence-electron chi connectivity index (χ1n) is 7.17. The van der Waals surface area contributed by atoms with Gasteiger partial charge in [0.2, 0.25) is 0 Å². The van der Waals surface area contributed by atoms with Gasteiger partial charge in [-0.2, -0.15) is 0 Å². The second kappa shape index (κ2) is 7.10. The highest BCUT2D eigenvalue weighted by atomic mass is 32.2. The van der Waals surface area contributed by atoms with Crippen LogP contribution in [-0.4, -0.2) is 33.1 Å². The van der Waals surface area contributed by atoms with Gasteiger partial charge in [-0.25, -0.2) is 9.78 Å². The molecule has 132 valence electrons. The van der Waals surface area contributed by atoms with Gasteiger partial charge in [0.25, 0.3) is 11.6 Å². The third-order valence-corrected chi connectivity index (χ3v) is 5.50. The minimum Gasteiger partial charge on any atom is -0.477 e. The zero-order valence-corrected chi connectivity index (χ0v) is 14.9. The lowest BCUT2D eigenvalue weighted by Crippen LogP contribution is -2.17. The number of aromatic nitrogens is 1. The summed E-state index contributed by atoms with van der Waals surface area (Å²) in [6.45, 7) is 0. The van der Waals surface area contributed by atoms with Gasteiger partial charge in [0, 0.05) is 11.8 Å². The molecule has 10 heteroatoms. The number of carboxylic acids is 1. The molecule has 0 fully saturated rings. The summed E-state index contributed by atoms with van der Waals surface area (Å²) in [5.74, 6) is -2.27. The standard InChI is InChI=1S/C16H11N3O5S2/c1-25-16-18-10-6-5-8(7-12(10)26-16)17-14(20)9-3-2-4-11(19(23)24)13(9)15(21)22/h2-7H,1H3,(H,17,20)(H,21,22). The van der Waals surface area contributed by atoms with Crippen molar-refractivity contribution in [3.8, 4) is 0 Å². The van der Waals surface area contributed by atoms with Crippen LogP contribution in [0.2, 0.25) is 0 Å². The number of hydrogen-bond donors (Lipinski definition) is 2. The van der Waals surface area contributed by atoms with Crippen molar-refractivity contribution in [2.24, 2.45) is 0 Å². The van der Waals surface area contributed by atoms with Crippen molar-refractivity contribution >= 4 is 56.6 Å². The van der Waals surface area contributed by atoms with Crippen LogP contribution in [0.15, 0.2) is 40.7 Å². The average Bonchev–Trinajstić information content (AvgIpc) is 3.03. The molecule has 0 spiro atoms. The average molecular weight is 389 g/mol. The van der Waals surface area contributed by atoms with Crippen LogP contribution in [0.1, 0.15) is 20.7 Å². The first kappa shape index (κ1) is 17.8. The Bertz CT molecular complexity index is 1050. The monoisotopic (exact) mass is 389 g/mol. The number of nitrogens with one attached hydrogen (secondary N) is 1. The first-order chi connectivity index (χ1) is 12.4. The number of nitro groups is 1. The number of aromatic carboxylic acids is 1. The number of carboxylic acid groups (broad SMARTS) is 1. The number of anilines is 1. The van der Waals surface area contributed by atoms with Gasteiger partial charge in [0.15, 0.2) is 4.34 Å². The second-order valence-corrected chi connectivity index (χ2v) is 7.17. The normalized spacial score (nSPS) is 10.7. The maximum Gasteiger partial charge on any atom is 0.343 e. The van der Waals surface area contributed by atoms with Gasteiger partial charge in [-0.3, -0.25) is 14.9 Å². The van der Waals surface area contributed by atoms with Crippen molar-refractivity contribution in [2.45, 2.75) is 4.34 Å². The van der Waals surface area contributed by atoms with Crippen LogP contribution in [0, 0.1) is 10.1 Å². The minimum atomic E-state index is -1.54. The highest BCUT2D eigenvalue weighted by Gasteiger charge is 2.27. The van der Waals surface area contributed by atoms with Crippen LogP contribution in [0.25, 0.3) is 10.2 Å². The van der Waals surface area contributed by atoms with Crippen molar-refractivity contribution in [1.29, 1.82) is 0 Å². The van der Waals surface area contributed by atoms with E-state index in [0.717, 1.165) is 20.6 Å². The number of nitro benzene ring substituents is 1. The highest BCUT2D eigenvalue weighted by molar-refractivity contribution is 8.00. The smallest absolute Gasteiger partial charge is 0.343 e. The number of thiazole rings is 1. The lowest BCUT2D eigenvalue weighted by atomic mass is 10.0. The number of carbonyl (C=O) groups excluding carboxylic acids is 1. The molecule has 3 rings (SSSR count). The summed E-state index contributed by atoms with van der Waals surface area (Å²) in [5, 5.41) is 22.9. The quantitative estimate of drug-likeness (QED) is 0.386. The fourth-order valence-electron chi connectivity index (χ4n) is 2.37. The molecular formula is C16H11N3O5S2. The van der Waals surface area contributed by atoms with E-state index in [1.54, 1.807) is 18.2 Å². The number of amides is 1. The summed E-state index contributed by atoms with van der Waals surface area (Å²) in [6.07, 6.45) is 1.91. The van der Waals surface area contributed by atoms with E-state index in [1.807, 2.05) is 6.26 Å². The molecule has 0 saturated heterocycles. The molecule has 1 heterocycles. The third-order valence-electron chi connectivity index (χ3n) is 3.50. The molecule has 26 heavy (non-hydrogen) atoms. The fourth-order valence-corrected chi connectivity index (χ4v) is 3.90. The van der Waals surface area contributed by atoms with E-state index in [-0.39, 0.29) is 5.56 Å². The zero-order valence-electron chi connectivity index (χ0n) is 13.3. The van der Waals surface area contributed by atoms with E-state index in [2.05, 4.69) is 10.3 Å². The minimum absolute atomic E-state index is 0.277. The molecule has 2 N–H and O–H groups in total. The molecular weight excluding hydrogens is 378 g/mol. The predicted octanol–water partition coefficient (Wildman–Crippen LogP) is 3.88. The number of rotatable bonds is 5. The Labute approximate surface area is 155 Å². The van der Waals surface area contributed by atoms with Crippen molar-refractivity contribution in [2.75, 3.05) is 11.6 Å². The first-order valence-corrected chi connectivity index (χ1v) is 9.21. The summed E-state index contributed by atoms with van der Waals surface area (Å²) in [4.78, 5) is 38.5. The largest absolute Gasteiger partial charge is 0.477 e. The van der Waals surface area contributed by atoms with Crippen LogP contribution in [-0.2, 0) is 0 Å². The molecule has 8 nitrogen and oxygen atoms in total. The molecule has 0 aliphatic carbocycles. The molecule has 1 amide bonds. The molecule has 0 radical (unpaired) electrons. The van der Waals surface area contributed by atoms with Crippen molar-refractivity contribution in [3.05, 3.63) is 57.6 Å². The number of benzene rings is 2. The van der Waals surface area contributed by atoms with Gasteiger partial charge >= 0.3 is 5.97 Å². The van der Waals surface area contributed by atoms with Gasteiger partial charge in [-0.1, -0.05) is 17.8 Å². The van der Waals surface area contributed by atoms with E-state index in [4.69, 9.17) is 0 Å². The fraction of sp³-hybridized carbons (Fsp3) is 0.0625. The van der Waals surface area contributed by atoms with Crippen LogP contribution < -0.4 is 5.32 Å². The molecule has 0 unspecified atom stereocenters. The lowest BCUT2D eigenvalue weighted by molar-refractivity contribution is -0.385. The number of nitrogens with zero attached hydrogens (tertiary/aromatic N) is 2. The summed E-state index contributed by atoms with van der Waals surface area (Å²) in [7, 11) is 0. The van der Waals surface area contributed by atoms with Gasteiger partial charge in [-0.15, -0.1) is 11.3 Å². The molecule has 1 aromatic heterocycles. The van der Waals surface area contributed by atoms with E-state index in [0.29, 0.717) is 5.69 Å². The van der Waals surface area contributed by atoms with E-state index in [1.165, 1.54) is 35.2 Å². The Morgan fingerprint density at radius 1 is 1.31 bits per heavy atom. The van der Waals surface area contributed by atoms with Crippen molar-refractivity contribution in [1.82, 2.24) is 4.98 Å². The number of carbonyl (C=O) groups is 2. The summed E-state index contributed by atoms with van der Waals surface area (Å²) >= 11 is 2.98. The van der Waals surface area contributed by atoms with Gasteiger partial charge < -0.3 is 10.4 Å². The summed E-state index contributed by atoms with van der Waals surface area (Å²) in [6, 6.07) is 8.67. The summed E-state index contributed by atoms with van der Waals surface area (Å²) in [5.41, 5.74) is -0.312. The number of hydrogen-bond acceptors (Lipinski definition) is 7. The predicted molar refractivity (Wildman–Crippen MR) is 99.4 cm³/mol. The maximum absolute atomic E-state index is 12.5. The van der Waals surface area contributed by atoms with Crippen molar-refractivity contribution < 1.29 is 19.6 Å². The molecule has 0 saturated carbocycles. The SMILES string of the molecule is CSc1nc2ccc(NC(=O)c3cccc([N+](=O)[O-])c3C(=O)O)cc2s1. The highest BCUT2D eigenvalue weighted by Crippen LogP contribution is 2.30. The molecule has 0 bridgehead atoms. The van der Waals surface area contributed by atoms with Crippen molar-refractivity contribution in [3.63, 3.8) is 0 Å². The van der Waals surface area contributed by atoms with E-state index >= 15 is 0 Å². The topological polar surface area (TPSA) is 122 Å². The van der Waals surface area contributed by atoms with Gasteiger partial charge in [-0.05, 0) is 30.5 Å². The Morgan fingerprint density at radius 2 is 2.08 bits per heavy atom. The molecule has 3 aromatic rings. The van der Waals surface area contributed by atoms with Gasteiger partial charge in [0.05, 0.1) is 20.7 Å². The summed E-state index contributed by atoms with van der Waals surface area (Å²) < 4.78 is 1.75. The number of fused-ring (bicyclic) bond motifs is 1. The van der Waals surface area contributed by atoms with E-state index < -0.39 is 28.1 Å². The maximum atomic E-state index is 12.5. The molecule has 0 aliphatic heterocycles. The Balaban J connectivity index is 1.96. The molecule has 0 aliphatic rings. The molecule has 2 aromatic carbocycles. The zero-order chi connectivity index (χ0) is 18.8. The van der Waals surface area contributed by atoms with Crippen LogP contribution >= 0.6 is 23.1 Å². The Hall–Kier alpha value is -2.98. The third kappa shape index (κ3) is 3.37. The van der Waals surface area contributed by atoms with Crippen LogP contribution in [0.3, 0.4) is 0 Å². The lowest BCUT2D eigenvalue weighted by Gasteiger charge is -2.08.